The van der Waals surface area contributed by atoms with Crippen LogP contribution in [0.15, 0.2) is 45.9 Å². The van der Waals surface area contributed by atoms with Crippen molar-refractivity contribution < 1.29 is 12.9 Å². The van der Waals surface area contributed by atoms with Gasteiger partial charge in [0, 0.05) is 12.2 Å². The first-order valence-electron chi connectivity index (χ1n) is 6.52. The number of nitrogens with zero attached hydrogens (tertiary/aromatic N) is 2. The first kappa shape index (κ1) is 14.5. The van der Waals surface area contributed by atoms with E-state index in [0.717, 1.165) is 5.56 Å². The molecule has 0 amide bonds. The van der Waals surface area contributed by atoms with Crippen LogP contribution in [0.5, 0.6) is 0 Å². The van der Waals surface area contributed by atoms with E-state index in [4.69, 9.17) is 10.3 Å². The number of hydrogen-bond donors (Lipinski definition) is 2. The fourth-order valence-electron chi connectivity index (χ4n) is 2.04. The zero-order valence-corrected chi connectivity index (χ0v) is 12.6. The molecule has 0 spiro atoms. The monoisotopic (exact) mass is 318 g/mol. The summed E-state index contributed by atoms with van der Waals surface area (Å²) >= 11 is 0. The smallest absolute Gasteiger partial charge is 0.257 e. The number of sulfonamides is 1. The number of aromatic nitrogens is 2. The first-order chi connectivity index (χ1) is 10.5. The molecule has 7 nitrogen and oxygen atoms in total. The molecule has 3 aromatic rings. The van der Waals surface area contributed by atoms with Gasteiger partial charge in [-0.05, 0) is 30.7 Å². The SMILES string of the molecule is Cc1noc2ncc(S(=O)(=O)NCc3cccc(N)c3)cc12. The van der Waals surface area contributed by atoms with E-state index in [1.165, 1.54) is 12.3 Å². The Morgan fingerprint density at radius 2 is 2.14 bits per heavy atom. The van der Waals surface area contributed by atoms with Gasteiger partial charge in [0.15, 0.2) is 0 Å². The van der Waals surface area contributed by atoms with Crippen LogP contribution < -0.4 is 10.5 Å². The number of nitrogens with one attached hydrogen (secondary N) is 1. The molecule has 22 heavy (non-hydrogen) atoms. The molecule has 0 saturated heterocycles. The van der Waals surface area contributed by atoms with Crippen LogP contribution in [0.1, 0.15) is 11.3 Å². The predicted octanol–water partition coefficient (Wildman–Crippen LogP) is 1.59. The Kier molecular flexibility index (Phi) is 3.55. The Labute approximate surface area is 127 Å². The molecule has 1 aromatic carbocycles. The van der Waals surface area contributed by atoms with Crippen LogP contribution in [0.3, 0.4) is 0 Å². The largest absolute Gasteiger partial charge is 0.399 e. The molecule has 8 heteroatoms. The zero-order chi connectivity index (χ0) is 15.7. The second kappa shape index (κ2) is 5.39. The molecular weight excluding hydrogens is 304 g/mol. The molecule has 0 saturated carbocycles. The van der Waals surface area contributed by atoms with Crippen LogP contribution in [0.2, 0.25) is 0 Å². The van der Waals surface area contributed by atoms with Crippen molar-refractivity contribution in [3.05, 3.63) is 47.8 Å². The van der Waals surface area contributed by atoms with Crippen molar-refractivity contribution in [3.63, 3.8) is 0 Å². The van der Waals surface area contributed by atoms with Gasteiger partial charge in [0.05, 0.1) is 17.3 Å². The van der Waals surface area contributed by atoms with Crippen molar-refractivity contribution >= 4 is 26.8 Å². The van der Waals surface area contributed by atoms with Gasteiger partial charge in [-0.3, -0.25) is 0 Å². The van der Waals surface area contributed by atoms with Crippen LogP contribution in [0, 0.1) is 6.92 Å². The average Bonchev–Trinajstić information content (AvgIpc) is 2.86. The minimum absolute atomic E-state index is 0.0650. The van der Waals surface area contributed by atoms with Gasteiger partial charge < -0.3 is 10.3 Å². The van der Waals surface area contributed by atoms with Crippen LogP contribution in [0.25, 0.3) is 11.1 Å². The lowest BCUT2D eigenvalue weighted by atomic mass is 10.2. The molecule has 2 heterocycles. The third-order valence-corrected chi connectivity index (χ3v) is 4.58. The van der Waals surface area contributed by atoms with E-state index in [0.29, 0.717) is 22.5 Å². The summed E-state index contributed by atoms with van der Waals surface area (Å²) in [6, 6.07) is 8.52. The normalized spacial score (nSPS) is 11.9. The molecule has 0 aliphatic rings. The molecule has 3 rings (SSSR count). The number of rotatable bonds is 4. The van der Waals surface area contributed by atoms with Crippen molar-refractivity contribution in [1.29, 1.82) is 0 Å². The summed E-state index contributed by atoms with van der Waals surface area (Å²) in [4.78, 5) is 4.03. The summed E-state index contributed by atoms with van der Waals surface area (Å²) in [5, 5.41) is 4.33. The average molecular weight is 318 g/mol. The first-order valence-corrected chi connectivity index (χ1v) is 8.00. The Morgan fingerprint density at radius 3 is 2.91 bits per heavy atom. The van der Waals surface area contributed by atoms with Crippen molar-refractivity contribution in [2.45, 2.75) is 18.4 Å². The highest BCUT2D eigenvalue weighted by Gasteiger charge is 2.17. The standard InChI is InChI=1S/C14H14N4O3S/c1-9-13-6-12(8-16-14(13)21-18-9)22(19,20)17-7-10-3-2-4-11(15)5-10/h2-6,8,17H,7,15H2,1H3. The van der Waals surface area contributed by atoms with Crippen LogP contribution >= 0.6 is 0 Å². The van der Waals surface area contributed by atoms with E-state index in [1.54, 1.807) is 31.2 Å². The fourth-order valence-corrected chi connectivity index (χ4v) is 3.03. The lowest BCUT2D eigenvalue weighted by Crippen LogP contribution is -2.23. The van der Waals surface area contributed by atoms with Crippen molar-refractivity contribution in [2.75, 3.05) is 5.73 Å². The number of nitrogen functional groups attached to an aromatic ring is 1. The van der Waals surface area contributed by atoms with Gasteiger partial charge >= 0.3 is 0 Å². The summed E-state index contributed by atoms with van der Waals surface area (Å²) in [5.41, 5.74) is 7.94. The summed E-state index contributed by atoms with van der Waals surface area (Å²) in [7, 11) is -3.68. The lowest BCUT2D eigenvalue weighted by Gasteiger charge is -2.07. The van der Waals surface area contributed by atoms with Gasteiger partial charge in [-0.25, -0.2) is 18.1 Å². The van der Waals surface area contributed by atoms with E-state index < -0.39 is 10.0 Å². The molecule has 0 aliphatic carbocycles. The van der Waals surface area contributed by atoms with E-state index in [-0.39, 0.29) is 11.4 Å². The quantitative estimate of drug-likeness (QED) is 0.707. The number of anilines is 1. The molecule has 0 bridgehead atoms. The summed E-state index contributed by atoms with van der Waals surface area (Å²) in [6.07, 6.45) is 1.24. The van der Waals surface area contributed by atoms with E-state index in [2.05, 4.69) is 14.9 Å². The van der Waals surface area contributed by atoms with Gasteiger partial charge in [0.2, 0.25) is 10.0 Å². The Hall–Kier alpha value is -2.45. The molecule has 0 fully saturated rings. The maximum atomic E-state index is 12.3. The van der Waals surface area contributed by atoms with E-state index in [1.807, 2.05) is 0 Å². The van der Waals surface area contributed by atoms with Gasteiger partial charge in [-0.1, -0.05) is 17.3 Å². The van der Waals surface area contributed by atoms with Gasteiger partial charge in [0.25, 0.3) is 5.71 Å². The van der Waals surface area contributed by atoms with Crippen molar-refractivity contribution in [2.24, 2.45) is 0 Å². The van der Waals surface area contributed by atoms with Gasteiger partial charge in [0.1, 0.15) is 4.90 Å². The molecule has 0 radical (unpaired) electrons. The highest BCUT2D eigenvalue weighted by Crippen LogP contribution is 2.19. The third kappa shape index (κ3) is 2.78. The maximum Gasteiger partial charge on any atom is 0.257 e. The highest BCUT2D eigenvalue weighted by atomic mass is 32.2. The minimum atomic E-state index is -3.68. The molecule has 3 N–H and O–H groups in total. The molecular formula is C14H14N4O3S. The number of fused-ring (bicyclic) bond motifs is 1. The van der Waals surface area contributed by atoms with Gasteiger partial charge in [-0.2, -0.15) is 0 Å². The fraction of sp³-hybridized carbons (Fsp3) is 0.143. The maximum absolute atomic E-state index is 12.3. The second-order valence-corrected chi connectivity index (χ2v) is 6.63. The lowest BCUT2D eigenvalue weighted by molar-refractivity contribution is 0.442. The molecule has 0 atom stereocenters. The summed E-state index contributed by atoms with van der Waals surface area (Å²) in [6.45, 7) is 1.87. The molecule has 0 unspecified atom stereocenters. The Bertz CT molecular complexity index is 934. The predicted molar refractivity (Wildman–Crippen MR) is 81.4 cm³/mol. The topological polar surface area (TPSA) is 111 Å². The van der Waals surface area contributed by atoms with Gasteiger partial charge in [-0.15, -0.1) is 0 Å². The molecule has 114 valence electrons. The van der Waals surface area contributed by atoms with Crippen LogP contribution in [-0.4, -0.2) is 18.6 Å². The molecule has 2 aromatic heterocycles. The Morgan fingerprint density at radius 1 is 1.32 bits per heavy atom. The zero-order valence-electron chi connectivity index (χ0n) is 11.8. The number of hydrogen-bond acceptors (Lipinski definition) is 6. The summed E-state index contributed by atoms with van der Waals surface area (Å²) < 4.78 is 32.2. The van der Waals surface area contributed by atoms with E-state index >= 15 is 0 Å². The van der Waals surface area contributed by atoms with Crippen LogP contribution in [-0.2, 0) is 16.6 Å². The summed E-state index contributed by atoms with van der Waals surface area (Å²) in [5.74, 6) is 0. The number of nitrogens with two attached hydrogens (primary N) is 1. The molecule has 0 aliphatic heterocycles. The van der Waals surface area contributed by atoms with Crippen molar-refractivity contribution in [1.82, 2.24) is 14.9 Å². The minimum Gasteiger partial charge on any atom is -0.399 e. The second-order valence-electron chi connectivity index (χ2n) is 4.86. The number of benzene rings is 1. The number of pyridine rings is 1. The van der Waals surface area contributed by atoms with Crippen LogP contribution in [0.4, 0.5) is 5.69 Å². The third-order valence-electron chi connectivity index (χ3n) is 3.21. The number of aryl methyl sites for hydroxylation is 1. The van der Waals surface area contributed by atoms with E-state index in [9.17, 15) is 8.42 Å². The Balaban J connectivity index is 1.86. The highest BCUT2D eigenvalue weighted by molar-refractivity contribution is 7.89. The van der Waals surface area contributed by atoms with Crippen molar-refractivity contribution in [3.8, 4) is 0 Å².